The fraction of sp³-hybridized carbons (Fsp3) is 0.467. The van der Waals surface area contributed by atoms with Crippen LogP contribution >= 0.6 is 15.9 Å². The van der Waals surface area contributed by atoms with Gasteiger partial charge in [-0.3, -0.25) is 9.78 Å². The fourth-order valence-electron chi connectivity index (χ4n) is 2.33. The summed E-state index contributed by atoms with van der Waals surface area (Å²) in [6.07, 6.45) is 7.04. The zero-order valence-corrected chi connectivity index (χ0v) is 13.0. The Balaban J connectivity index is 1.84. The van der Waals surface area contributed by atoms with Crippen LogP contribution in [0.2, 0.25) is 0 Å². The molecule has 1 amide bonds. The van der Waals surface area contributed by atoms with Gasteiger partial charge in [0.05, 0.1) is 12.2 Å². The molecular weight excluding hydrogens is 320 g/mol. The van der Waals surface area contributed by atoms with Crippen molar-refractivity contribution in [3.63, 3.8) is 0 Å². The number of rotatable bonds is 5. The summed E-state index contributed by atoms with van der Waals surface area (Å²) in [5.74, 6) is 0.601. The van der Waals surface area contributed by atoms with Crippen molar-refractivity contribution in [3.8, 4) is 0 Å². The molecule has 1 aliphatic heterocycles. The number of pyridine rings is 1. The lowest BCUT2D eigenvalue weighted by Crippen LogP contribution is -2.39. The molecule has 108 valence electrons. The number of carbonyl (C=O) groups excluding carboxylic acids is 1. The first kappa shape index (κ1) is 15.2. The molecule has 0 atom stereocenters. The number of carbonyl (C=O) groups is 1. The molecule has 1 aliphatic rings. The van der Waals surface area contributed by atoms with Crippen LogP contribution in [0.1, 0.15) is 23.2 Å². The highest BCUT2D eigenvalue weighted by Crippen LogP contribution is 2.20. The maximum atomic E-state index is 12.3. The molecule has 5 heteroatoms. The second-order valence-electron chi connectivity index (χ2n) is 4.95. The molecule has 1 fully saturated rings. The smallest absolute Gasteiger partial charge is 0.255 e. The monoisotopic (exact) mass is 338 g/mol. The summed E-state index contributed by atoms with van der Waals surface area (Å²) in [5.41, 5.74) is 0.640. The van der Waals surface area contributed by atoms with E-state index in [0.717, 1.165) is 37.0 Å². The minimum absolute atomic E-state index is 0.0595. The van der Waals surface area contributed by atoms with Gasteiger partial charge >= 0.3 is 0 Å². The average Bonchev–Trinajstić information content (AvgIpc) is 2.47. The van der Waals surface area contributed by atoms with Crippen molar-refractivity contribution < 1.29 is 9.53 Å². The van der Waals surface area contributed by atoms with Crippen LogP contribution in [0.15, 0.2) is 35.6 Å². The number of likely N-dealkylation sites (tertiary alicyclic amines) is 1. The van der Waals surface area contributed by atoms with Crippen molar-refractivity contribution in [2.75, 3.05) is 26.3 Å². The summed E-state index contributed by atoms with van der Waals surface area (Å²) < 4.78 is 6.31. The minimum atomic E-state index is 0.0595. The molecule has 2 rings (SSSR count). The third-order valence-corrected chi connectivity index (χ3v) is 3.88. The number of nitrogens with zero attached hydrogens (tertiary/aromatic N) is 2. The quantitative estimate of drug-likeness (QED) is 0.612. The van der Waals surface area contributed by atoms with E-state index < -0.39 is 0 Å². The first-order valence-corrected chi connectivity index (χ1v) is 7.58. The lowest BCUT2D eigenvalue weighted by molar-refractivity contribution is 0.0575. The molecule has 0 aromatic carbocycles. The lowest BCUT2D eigenvalue weighted by Gasteiger charge is -2.31. The fourth-order valence-corrected chi connectivity index (χ4v) is 2.70. The van der Waals surface area contributed by atoms with Gasteiger partial charge in [-0.05, 0) is 40.8 Å². The highest BCUT2D eigenvalue weighted by molar-refractivity contribution is 9.10. The van der Waals surface area contributed by atoms with Crippen molar-refractivity contribution >= 4 is 21.8 Å². The normalized spacial score (nSPS) is 16.1. The highest BCUT2D eigenvalue weighted by Gasteiger charge is 2.23. The first-order chi connectivity index (χ1) is 9.70. The van der Waals surface area contributed by atoms with Crippen LogP contribution in [0.4, 0.5) is 0 Å². The molecule has 0 bridgehead atoms. The summed E-state index contributed by atoms with van der Waals surface area (Å²) in [4.78, 5) is 18.3. The Kier molecular flexibility index (Phi) is 5.73. The van der Waals surface area contributed by atoms with Crippen LogP contribution in [0.25, 0.3) is 0 Å². The molecule has 2 heterocycles. The molecule has 1 aromatic rings. The topological polar surface area (TPSA) is 42.4 Å². The molecule has 1 aromatic heterocycles. The Morgan fingerprint density at radius 3 is 2.90 bits per heavy atom. The van der Waals surface area contributed by atoms with Crippen LogP contribution < -0.4 is 0 Å². The van der Waals surface area contributed by atoms with Gasteiger partial charge < -0.3 is 9.64 Å². The number of amides is 1. The van der Waals surface area contributed by atoms with Crippen LogP contribution in [-0.4, -0.2) is 42.1 Å². The van der Waals surface area contributed by atoms with Gasteiger partial charge in [-0.15, -0.1) is 6.58 Å². The van der Waals surface area contributed by atoms with E-state index in [1.807, 2.05) is 11.0 Å². The number of aromatic nitrogens is 1. The van der Waals surface area contributed by atoms with Gasteiger partial charge in [0.1, 0.15) is 0 Å². The summed E-state index contributed by atoms with van der Waals surface area (Å²) >= 11 is 3.34. The number of halogens is 1. The Hall–Kier alpha value is -1.20. The minimum Gasteiger partial charge on any atom is -0.377 e. The Bertz CT molecular complexity index is 471. The predicted molar refractivity (Wildman–Crippen MR) is 81.6 cm³/mol. The van der Waals surface area contributed by atoms with E-state index in [2.05, 4.69) is 27.5 Å². The molecule has 20 heavy (non-hydrogen) atoms. The third-order valence-electron chi connectivity index (χ3n) is 3.44. The van der Waals surface area contributed by atoms with Gasteiger partial charge in [0.15, 0.2) is 0 Å². The number of piperidine rings is 1. The summed E-state index contributed by atoms with van der Waals surface area (Å²) in [6.45, 7) is 6.56. The largest absolute Gasteiger partial charge is 0.377 e. The zero-order valence-electron chi connectivity index (χ0n) is 11.4. The van der Waals surface area contributed by atoms with E-state index in [1.165, 1.54) is 0 Å². The maximum absolute atomic E-state index is 12.3. The van der Waals surface area contributed by atoms with Crippen LogP contribution in [-0.2, 0) is 4.74 Å². The van der Waals surface area contributed by atoms with Crippen molar-refractivity contribution in [2.24, 2.45) is 5.92 Å². The average molecular weight is 339 g/mol. The van der Waals surface area contributed by atoms with Gasteiger partial charge in [-0.25, -0.2) is 0 Å². The SMILES string of the molecule is C=CCOCC1CCN(C(=O)c2cncc(Br)c2)CC1. The number of ether oxygens (including phenoxy) is 1. The molecule has 4 nitrogen and oxygen atoms in total. The van der Waals surface area contributed by atoms with Crippen molar-refractivity contribution in [1.29, 1.82) is 0 Å². The molecule has 0 N–H and O–H groups in total. The van der Waals surface area contributed by atoms with Crippen molar-refractivity contribution in [3.05, 3.63) is 41.2 Å². The molecule has 1 saturated heterocycles. The number of hydrogen-bond donors (Lipinski definition) is 0. The second kappa shape index (κ2) is 7.55. The third kappa shape index (κ3) is 4.15. The Labute approximate surface area is 128 Å². The molecule has 0 aliphatic carbocycles. The van der Waals surface area contributed by atoms with Gasteiger partial charge in [0.2, 0.25) is 0 Å². The van der Waals surface area contributed by atoms with E-state index >= 15 is 0 Å². The molecule has 0 radical (unpaired) electrons. The molecule has 0 saturated carbocycles. The highest BCUT2D eigenvalue weighted by atomic mass is 79.9. The van der Waals surface area contributed by atoms with Gasteiger partial charge in [0, 0.05) is 36.6 Å². The lowest BCUT2D eigenvalue weighted by atomic mass is 9.97. The Morgan fingerprint density at radius 1 is 1.50 bits per heavy atom. The zero-order chi connectivity index (χ0) is 14.4. The van der Waals surface area contributed by atoms with Gasteiger partial charge in [-0.1, -0.05) is 6.08 Å². The summed E-state index contributed by atoms with van der Waals surface area (Å²) in [6, 6.07) is 1.81. The maximum Gasteiger partial charge on any atom is 0.255 e. The van der Waals surface area contributed by atoms with E-state index in [0.29, 0.717) is 18.1 Å². The molecule has 0 unspecified atom stereocenters. The van der Waals surface area contributed by atoms with E-state index in [1.54, 1.807) is 18.5 Å². The van der Waals surface area contributed by atoms with E-state index in [4.69, 9.17) is 4.74 Å². The van der Waals surface area contributed by atoms with Gasteiger partial charge in [-0.2, -0.15) is 0 Å². The molecule has 0 spiro atoms. The van der Waals surface area contributed by atoms with Crippen LogP contribution in [0, 0.1) is 5.92 Å². The van der Waals surface area contributed by atoms with Gasteiger partial charge in [0.25, 0.3) is 5.91 Å². The predicted octanol–water partition coefficient (Wildman–Crippen LogP) is 2.90. The van der Waals surface area contributed by atoms with E-state index in [9.17, 15) is 4.79 Å². The summed E-state index contributed by atoms with van der Waals surface area (Å²) in [5, 5.41) is 0. The van der Waals surface area contributed by atoms with Crippen LogP contribution in [0.5, 0.6) is 0 Å². The van der Waals surface area contributed by atoms with E-state index in [-0.39, 0.29) is 5.91 Å². The van der Waals surface area contributed by atoms with Crippen molar-refractivity contribution in [1.82, 2.24) is 9.88 Å². The standard InChI is InChI=1S/C15H19BrN2O2/c1-2-7-20-11-12-3-5-18(6-4-12)15(19)13-8-14(16)10-17-9-13/h2,8-10,12H,1,3-7,11H2. The molecular formula is C15H19BrN2O2. The first-order valence-electron chi connectivity index (χ1n) is 6.79. The summed E-state index contributed by atoms with van der Waals surface area (Å²) in [7, 11) is 0. The van der Waals surface area contributed by atoms with Crippen LogP contribution in [0.3, 0.4) is 0 Å². The Morgan fingerprint density at radius 2 is 2.25 bits per heavy atom. The second-order valence-corrected chi connectivity index (χ2v) is 5.87. The number of hydrogen-bond acceptors (Lipinski definition) is 3. The van der Waals surface area contributed by atoms with Crippen molar-refractivity contribution in [2.45, 2.75) is 12.8 Å².